The molecule has 0 radical (unpaired) electrons. The summed E-state index contributed by atoms with van der Waals surface area (Å²) in [5, 5.41) is 7.92. The van der Waals surface area contributed by atoms with Crippen LogP contribution >= 0.6 is 11.3 Å². The normalized spacial score (nSPS) is 12.9. The van der Waals surface area contributed by atoms with E-state index in [9.17, 15) is 0 Å². The zero-order chi connectivity index (χ0) is 13.1. The zero-order valence-electron chi connectivity index (χ0n) is 11.5. The molecule has 4 heteroatoms. The van der Waals surface area contributed by atoms with Crippen LogP contribution in [0, 0.1) is 6.92 Å². The lowest BCUT2D eigenvalue weighted by Gasteiger charge is -2.10. The molecule has 0 amide bonds. The average Bonchev–Trinajstić information content (AvgIpc) is 2.92. The van der Waals surface area contributed by atoms with E-state index in [-0.39, 0.29) is 0 Å². The van der Waals surface area contributed by atoms with Crippen LogP contribution in [0.1, 0.15) is 36.9 Å². The van der Waals surface area contributed by atoms with Gasteiger partial charge in [-0.25, -0.2) is 0 Å². The summed E-state index contributed by atoms with van der Waals surface area (Å²) in [4.78, 5) is 2.70. The van der Waals surface area contributed by atoms with Crippen molar-refractivity contribution in [3.63, 3.8) is 0 Å². The maximum absolute atomic E-state index is 4.40. The largest absolute Gasteiger partial charge is 0.309 e. The van der Waals surface area contributed by atoms with Gasteiger partial charge < -0.3 is 5.32 Å². The molecule has 0 saturated carbocycles. The minimum Gasteiger partial charge on any atom is -0.309 e. The minimum absolute atomic E-state index is 0.431. The molecule has 18 heavy (non-hydrogen) atoms. The van der Waals surface area contributed by atoms with Crippen LogP contribution in [0.15, 0.2) is 18.3 Å². The van der Waals surface area contributed by atoms with Crippen LogP contribution in [0.4, 0.5) is 0 Å². The predicted octanol–water partition coefficient (Wildman–Crippen LogP) is 3.52. The van der Waals surface area contributed by atoms with Gasteiger partial charge in [-0.1, -0.05) is 6.92 Å². The maximum Gasteiger partial charge on any atom is 0.0680 e. The van der Waals surface area contributed by atoms with Gasteiger partial charge in [-0.2, -0.15) is 5.10 Å². The monoisotopic (exact) mass is 263 g/mol. The highest BCUT2D eigenvalue weighted by atomic mass is 32.1. The quantitative estimate of drug-likeness (QED) is 0.894. The van der Waals surface area contributed by atoms with Gasteiger partial charge >= 0.3 is 0 Å². The number of rotatable bonds is 5. The third-order valence-corrected chi connectivity index (χ3v) is 4.33. The highest BCUT2D eigenvalue weighted by Crippen LogP contribution is 2.32. The van der Waals surface area contributed by atoms with Crippen molar-refractivity contribution in [1.82, 2.24) is 15.1 Å². The molecule has 2 rings (SSSR count). The Hall–Kier alpha value is -1.13. The fourth-order valence-corrected chi connectivity index (χ4v) is 3.13. The van der Waals surface area contributed by atoms with Crippen molar-refractivity contribution in [2.45, 2.75) is 33.2 Å². The molecule has 0 fully saturated rings. The van der Waals surface area contributed by atoms with Crippen molar-refractivity contribution in [1.29, 1.82) is 0 Å². The Bertz CT molecular complexity index is 513. The van der Waals surface area contributed by atoms with E-state index < -0.39 is 0 Å². The number of nitrogens with zero attached hydrogens (tertiary/aromatic N) is 2. The smallest absolute Gasteiger partial charge is 0.0680 e. The molecule has 1 atom stereocenters. The maximum atomic E-state index is 4.40. The molecule has 0 bridgehead atoms. The standard InChI is InChI=1S/C14H21N3S/c1-5-8-15-11(3)13-6-7-14(18-13)12-9-17(4)16-10(12)2/h6-7,9,11,15H,5,8H2,1-4H3. The summed E-state index contributed by atoms with van der Waals surface area (Å²) in [7, 11) is 1.97. The van der Waals surface area contributed by atoms with Gasteiger partial charge in [0.05, 0.1) is 5.69 Å². The predicted molar refractivity (Wildman–Crippen MR) is 78.0 cm³/mol. The second kappa shape index (κ2) is 5.67. The van der Waals surface area contributed by atoms with Gasteiger partial charge in [0, 0.05) is 34.6 Å². The van der Waals surface area contributed by atoms with Crippen LogP contribution in [0.2, 0.25) is 0 Å². The number of hydrogen-bond donors (Lipinski definition) is 1. The molecule has 0 aliphatic heterocycles. The molecule has 0 aliphatic rings. The van der Waals surface area contributed by atoms with E-state index >= 15 is 0 Å². The molecule has 0 aromatic carbocycles. The van der Waals surface area contributed by atoms with Crippen LogP contribution in [-0.2, 0) is 7.05 Å². The van der Waals surface area contributed by atoms with Crippen molar-refractivity contribution < 1.29 is 0 Å². The molecule has 3 nitrogen and oxygen atoms in total. The van der Waals surface area contributed by atoms with Gasteiger partial charge in [0.25, 0.3) is 0 Å². The molecule has 0 spiro atoms. The summed E-state index contributed by atoms with van der Waals surface area (Å²) < 4.78 is 1.88. The van der Waals surface area contributed by atoms with E-state index in [4.69, 9.17) is 0 Å². The molecule has 0 aliphatic carbocycles. The van der Waals surface area contributed by atoms with Gasteiger partial charge in [-0.05, 0) is 38.9 Å². The first kappa shape index (κ1) is 13.3. The summed E-state index contributed by atoms with van der Waals surface area (Å²) in [5.74, 6) is 0. The molecular weight excluding hydrogens is 242 g/mol. The van der Waals surface area contributed by atoms with Crippen molar-refractivity contribution in [3.05, 3.63) is 28.9 Å². The molecular formula is C14H21N3S. The Kier molecular flexibility index (Phi) is 4.19. The topological polar surface area (TPSA) is 29.9 Å². The number of nitrogens with one attached hydrogen (secondary N) is 1. The Morgan fingerprint density at radius 3 is 2.83 bits per heavy atom. The molecule has 2 aromatic rings. The van der Waals surface area contributed by atoms with Crippen molar-refractivity contribution in [2.75, 3.05) is 6.54 Å². The lowest BCUT2D eigenvalue weighted by Crippen LogP contribution is -2.18. The Morgan fingerprint density at radius 2 is 2.22 bits per heavy atom. The molecule has 2 heterocycles. The number of hydrogen-bond acceptors (Lipinski definition) is 3. The third kappa shape index (κ3) is 2.82. The van der Waals surface area contributed by atoms with Gasteiger partial charge in [0.2, 0.25) is 0 Å². The first-order valence-corrected chi connectivity index (χ1v) is 7.27. The first-order chi connectivity index (χ1) is 8.61. The van der Waals surface area contributed by atoms with Crippen LogP contribution in [0.25, 0.3) is 10.4 Å². The summed E-state index contributed by atoms with van der Waals surface area (Å²) in [6.45, 7) is 7.55. The van der Waals surface area contributed by atoms with Crippen LogP contribution < -0.4 is 5.32 Å². The van der Waals surface area contributed by atoms with Crippen LogP contribution in [-0.4, -0.2) is 16.3 Å². The highest BCUT2D eigenvalue weighted by Gasteiger charge is 2.12. The molecule has 1 N–H and O–H groups in total. The zero-order valence-corrected chi connectivity index (χ0v) is 12.3. The summed E-state index contributed by atoms with van der Waals surface area (Å²) in [6, 6.07) is 4.86. The van der Waals surface area contributed by atoms with E-state index in [0.717, 1.165) is 12.2 Å². The van der Waals surface area contributed by atoms with Gasteiger partial charge in [0.15, 0.2) is 0 Å². The van der Waals surface area contributed by atoms with Crippen molar-refractivity contribution in [2.24, 2.45) is 7.05 Å². The molecule has 1 unspecified atom stereocenters. The highest BCUT2D eigenvalue weighted by molar-refractivity contribution is 7.15. The second-order valence-electron chi connectivity index (χ2n) is 4.68. The molecule has 0 saturated heterocycles. The van der Waals surface area contributed by atoms with Gasteiger partial charge in [-0.15, -0.1) is 11.3 Å². The Balaban J connectivity index is 2.17. The minimum atomic E-state index is 0.431. The number of aromatic nitrogens is 2. The van der Waals surface area contributed by atoms with E-state index in [0.29, 0.717) is 6.04 Å². The number of thiophene rings is 1. The van der Waals surface area contributed by atoms with Gasteiger partial charge in [0.1, 0.15) is 0 Å². The van der Waals surface area contributed by atoms with E-state index in [1.165, 1.54) is 21.7 Å². The van der Waals surface area contributed by atoms with E-state index in [1.54, 1.807) is 0 Å². The van der Waals surface area contributed by atoms with Gasteiger partial charge in [-0.3, -0.25) is 4.68 Å². The van der Waals surface area contributed by atoms with E-state index in [1.807, 2.05) is 23.1 Å². The molecule has 2 aromatic heterocycles. The number of aryl methyl sites for hydroxylation is 2. The lowest BCUT2D eigenvalue weighted by molar-refractivity contribution is 0.578. The van der Waals surface area contributed by atoms with Crippen molar-refractivity contribution in [3.8, 4) is 10.4 Å². The second-order valence-corrected chi connectivity index (χ2v) is 5.80. The fraction of sp³-hybridized carbons (Fsp3) is 0.500. The fourth-order valence-electron chi connectivity index (χ4n) is 2.03. The summed E-state index contributed by atoms with van der Waals surface area (Å²) in [5.41, 5.74) is 2.34. The van der Waals surface area contributed by atoms with Crippen LogP contribution in [0.3, 0.4) is 0 Å². The first-order valence-electron chi connectivity index (χ1n) is 6.45. The third-order valence-electron chi connectivity index (χ3n) is 3.03. The lowest BCUT2D eigenvalue weighted by atomic mass is 10.2. The SMILES string of the molecule is CCCNC(C)c1ccc(-c2cn(C)nc2C)s1. The summed E-state index contributed by atoms with van der Waals surface area (Å²) in [6.07, 6.45) is 3.26. The Labute approximate surface area is 113 Å². The van der Waals surface area contributed by atoms with Crippen molar-refractivity contribution >= 4 is 11.3 Å². The molecule has 98 valence electrons. The van der Waals surface area contributed by atoms with Crippen LogP contribution in [0.5, 0.6) is 0 Å². The Morgan fingerprint density at radius 1 is 1.44 bits per heavy atom. The average molecular weight is 263 g/mol. The van der Waals surface area contributed by atoms with E-state index in [2.05, 4.69) is 49.5 Å². The summed E-state index contributed by atoms with van der Waals surface area (Å²) >= 11 is 1.86.